The molecule has 3 rings (SSSR count). The maximum absolute atomic E-state index is 12.6. The summed E-state index contributed by atoms with van der Waals surface area (Å²) in [4.78, 5) is 15.3. The first kappa shape index (κ1) is 16.8. The molecule has 0 spiro atoms. The second kappa shape index (κ2) is 7.22. The smallest absolute Gasteiger partial charge is 0.282 e. The van der Waals surface area contributed by atoms with Crippen molar-refractivity contribution in [2.75, 3.05) is 11.9 Å². The van der Waals surface area contributed by atoms with E-state index in [0.717, 1.165) is 19.4 Å². The zero-order valence-electron chi connectivity index (χ0n) is 12.8. The van der Waals surface area contributed by atoms with Crippen LogP contribution in [-0.2, 0) is 4.79 Å². The van der Waals surface area contributed by atoms with Gasteiger partial charge >= 0.3 is 0 Å². The van der Waals surface area contributed by atoms with E-state index in [9.17, 15) is 4.79 Å². The van der Waals surface area contributed by atoms with Crippen molar-refractivity contribution in [3.63, 3.8) is 0 Å². The van der Waals surface area contributed by atoms with E-state index in [2.05, 4.69) is 22.8 Å². The number of rotatable bonds is 4. The van der Waals surface area contributed by atoms with Crippen molar-refractivity contribution in [2.45, 2.75) is 31.8 Å². The average molecular weight is 370 g/mol. The van der Waals surface area contributed by atoms with Crippen molar-refractivity contribution in [3.8, 4) is 0 Å². The molecule has 1 saturated heterocycles. The summed E-state index contributed by atoms with van der Waals surface area (Å²) in [5.41, 5.74) is 0.572. The third-order valence-electron chi connectivity index (χ3n) is 4.43. The fourth-order valence-electron chi connectivity index (χ4n) is 3.21. The Labute approximate surface area is 150 Å². The summed E-state index contributed by atoms with van der Waals surface area (Å²) in [6.07, 6.45) is 2.28. The molecule has 2 heterocycles. The third-order valence-corrected chi connectivity index (χ3v) is 5.98. The van der Waals surface area contributed by atoms with Gasteiger partial charge in [-0.25, -0.2) is 0 Å². The molecule has 0 bridgehead atoms. The van der Waals surface area contributed by atoms with E-state index < -0.39 is 0 Å². The van der Waals surface area contributed by atoms with Crippen LogP contribution in [0.1, 0.15) is 30.7 Å². The lowest BCUT2D eigenvalue weighted by molar-refractivity contribution is -0.931. The summed E-state index contributed by atoms with van der Waals surface area (Å²) in [5, 5.41) is 6.08. The molecular weight excluding hydrogens is 351 g/mol. The van der Waals surface area contributed by atoms with E-state index in [1.54, 1.807) is 29.5 Å². The van der Waals surface area contributed by atoms with Gasteiger partial charge < -0.3 is 10.2 Å². The molecule has 1 unspecified atom stereocenters. The number of thiophene rings is 1. The number of nitrogens with one attached hydrogen (secondary N) is 2. The average Bonchev–Trinajstić information content (AvgIpc) is 3.20. The van der Waals surface area contributed by atoms with Gasteiger partial charge in [0.2, 0.25) is 0 Å². The minimum Gasteiger partial charge on any atom is -0.320 e. The Balaban J connectivity index is 1.73. The lowest BCUT2D eigenvalue weighted by Crippen LogP contribution is -3.15. The first-order valence-electron chi connectivity index (χ1n) is 7.71. The topological polar surface area (TPSA) is 33.5 Å². The molecule has 0 radical (unpaired) electrons. The van der Waals surface area contributed by atoms with Crippen LogP contribution in [0.15, 0.2) is 35.7 Å². The van der Waals surface area contributed by atoms with Crippen molar-refractivity contribution in [1.82, 2.24) is 0 Å². The molecule has 1 aromatic carbocycles. The number of carbonyl (C=O) groups excluding carboxylic acids is 1. The Morgan fingerprint density at radius 1 is 1.39 bits per heavy atom. The monoisotopic (exact) mass is 369 g/mol. The first-order valence-corrected chi connectivity index (χ1v) is 9.34. The molecule has 2 aromatic rings. The fraction of sp³-hybridized carbons (Fsp3) is 0.353. The highest BCUT2D eigenvalue weighted by Gasteiger charge is 2.37. The third kappa shape index (κ3) is 3.72. The fourth-order valence-corrected chi connectivity index (χ4v) is 4.45. The quantitative estimate of drug-likeness (QED) is 0.843. The highest BCUT2D eigenvalue weighted by molar-refractivity contribution is 7.10. The number of likely N-dealkylation sites (tertiary alicyclic amines) is 1. The lowest BCUT2D eigenvalue weighted by Gasteiger charge is -2.26. The normalized spacial score (nSPS) is 22.0. The van der Waals surface area contributed by atoms with Gasteiger partial charge in [-0.3, -0.25) is 4.79 Å². The van der Waals surface area contributed by atoms with E-state index in [4.69, 9.17) is 23.2 Å². The van der Waals surface area contributed by atoms with Crippen LogP contribution in [0.25, 0.3) is 0 Å². The minimum atomic E-state index is -0.139. The highest BCUT2D eigenvalue weighted by Crippen LogP contribution is 2.26. The van der Waals surface area contributed by atoms with Crippen LogP contribution in [0.3, 0.4) is 0 Å². The summed E-state index contributed by atoms with van der Waals surface area (Å²) >= 11 is 13.9. The summed E-state index contributed by atoms with van der Waals surface area (Å²) in [6, 6.07) is 9.60. The number of quaternary nitrogens is 1. The van der Waals surface area contributed by atoms with Crippen LogP contribution in [0.4, 0.5) is 5.69 Å². The predicted molar refractivity (Wildman–Crippen MR) is 96.7 cm³/mol. The zero-order chi connectivity index (χ0) is 16.4. The molecule has 1 fully saturated rings. The van der Waals surface area contributed by atoms with Gasteiger partial charge in [-0.1, -0.05) is 29.3 Å². The largest absolute Gasteiger partial charge is 0.320 e. The van der Waals surface area contributed by atoms with E-state index >= 15 is 0 Å². The van der Waals surface area contributed by atoms with Gasteiger partial charge in [-0.05, 0) is 36.6 Å². The lowest BCUT2D eigenvalue weighted by atomic mass is 10.1. The zero-order valence-corrected chi connectivity index (χ0v) is 15.1. The Bertz CT molecular complexity index is 690. The van der Waals surface area contributed by atoms with Crippen LogP contribution >= 0.6 is 34.5 Å². The second-order valence-corrected chi connectivity index (χ2v) is 7.69. The standard InChI is InChI=1S/C17H18Cl2N2OS/c1-11(17(22)20-14-10-12(18)6-7-13(14)19)21-8-2-4-15(21)16-5-3-9-23-16/h3,5-7,9-11,15H,2,4,8H2,1H3,(H,20,22)/p+1/t11-,15-/m1/s1. The van der Waals surface area contributed by atoms with Gasteiger partial charge in [0.05, 0.1) is 22.1 Å². The molecule has 2 N–H and O–H groups in total. The molecule has 0 saturated carbocycles. The molecule has 1 aliphatic heterocycles. The minimum absolute atomic E-state index is 0.0207. The van der Waals surface area contributed by atoms with Crippen LogP contribution in [0.5, 0.6) is 0 Å². The molecule has 122 valence electrons. The molecular formula is C17H19Cl2N2OS+. The molecule has 3 nitrogen and oxygen atoms in total. The highest BCUT2D eigenvalue weighted by atomic mass is 35.5. The summed E-state index contributed by atoms with van der Waals surface area (Å²) in [5.74, 6) is -0.0207. The van der Waals surface area contributed by atoms with Crippen molar-refractivity contribution in [1.29, 1.82) is 0 Å². The Hall–Kier alpha value is -1.07. The number of hydrogen-bond donors (Lipinski definition) is 2. The molecule has 6 heteroatoms. The van der Waals surface area contributed by atoms with Crippen LogP contribution < -0.4 is 10.2 Å². The summed E-state index contributed by atoms with van der Waals surface area (Å²) in [7, 11) is 0. The Morgan fingerprint density at radius 3 is 2.96 bits per heavy atom. The molecule has 1 amide bonds. The van der Waals surface area contributed by atoms with E-state index in [1.807, 2.05) is 6.92 Å². The van der Waals surface area contributed by atoms with Crippen LogP contribution in [-0.4, -0.2) is 18.5 Å². The Morgan fingerprint density at radius 2 is 2.22 bits per heavy atom. The molecule has 3 atom stereocenters. The number of halogens is 2. The summed E-state index contributed by atoms with van der Waals surface area (Å²) in [6.45, 7) is 3.00. The van der Waals surface area contributed by atoms with Gasteiger partial charge in [0, 0.05) is 17.9 Å². The second-order valence-electron chi connectivity index (χ2n) is 5.87. The van der Waals surface area contributed by atoms with Crippen molar-refractivity contribution in [3.05, 3.63) is 50.6 Å². The van der Waals surface area contributed by atoms with Gasteiger partial charge in [0.1, 0.15) is 6.04 Å². The number of hydrogen-bond acceptors (Lipinski definition) is 2. The number of amides is 1. The van der Waals surface area contributed by atoms with Crippen molar-refractivity contribution in [2.24, 2.45) is 0 Å². The molecule has 0 aliphatic carbocycles. The summed E-state index contributed by atoms with van der Waals surface area (Å²) < 4.78 is 0. The molecule has 1 aromatic heterocycles. The van der Waals surface area contributed by atoms with E-state index in [-0.39, 0.29) is 11.9 Å². The Kier molecular flexibility index (Phi) is 5.27. The molecule has 1 aliphatic rings. The van der Waals surface area contributed by atoms with Crippen molar-refractivity contribution < 1.29 is 9.69 Å². The predicted octanol–water partition coefficient (Wildman–Crippen LogP) is 3.80. The van der Waals surface area contributed by atoms with E-state index in [0.29, 0.717) is 21.8 Å². The van der Waals surface area contributed by atoms with E-state index in [1.165, 1.54) is 9.78 Å². The number of benzene rings is 1. The van der Waals surface area contributed by atoms with Gasteiger partial charge in [0.15, 0.2) is 6.04 Å². The molecule has 23 heavy (non-hydrogen) atoms. The SMILES string of the molecule is C[C@H](C(=O)Nc1cc(Cl)ccc1Cl)[NH+]1CCC[C@@H]1c1cccs1. The van der Waals surface area contributed by atoms with Crippen LogP contribution in [0.2, 0.25) is 10.0 Å². The maximum Gasteiger partial charge on any atom is 0.282 e. The van der Waals surface area contributed by atoms with Gasteiger partial charge in [0.25, 0.3) is 5.91 Å². The number of anilines is 1. The first-order chi connectivity index (χ1) is 11.1. The van der Waals surface area contributed by atoms with Gasteiger partial charge in [-0.2, -0.15) is 0 Å². The van der Waals surface area contributed by atoms with Crippen molar-refractivity contribution >= 4 is 46.1 Å². The van der Waals surface area contributed by atoms with Crippen LogP contribution in [0, 0.1) is 0 Å². The van der Waals surface area contributed by atoms with Gasteiger partial charge in [-0.15, -0.1) is 11.3 Å². The maximum atomic E-state index is 12.6. The number of carbonyl (C=O) groups is 1.